The van der Waals surface area contributed by atoms with Gasteiger partial charge in [0, 0.05) is 31.4 Å². The van der Waals surface area contributed by atoms with Crippen LogP contribution in [0.15, 0.2) is 0 Å². The van der Waals surface area contributed by atoms with E-state index in [-0.39, 0.29) is 17.9 Å². The van der Waals surface area contributed by atoms with Gasteiger partial charge in [-0.2, -0.15) is 0 Å². The number of methoxy groups -OCH3 is 1. The van der Waals surface area contributed by atoms with E-state index in [4.69, 9.17) is 4.74 Å². The highest BCUT2D eigenvalue weighted by atomic mass is 16.5. The zero-order valence-corrected chi connectivity index (χ0v) is 16.9. The van der Waals surface area contributed by atoms with Crippen LogP contribution in [0.1, 0.15) is 77.6 Å². The van der Waals surface area contributed by atoms with Crippen molar-refractivity contribution in [2.45, 2.75) is 64.8 Å². The maximum atomic E-state index is 12.8. The van der Waals surface area contributed by atoms with Crippen molar-refractivity contribution < 1.29 is 14.3 Å². The van der Waals surface area contributed by atoms with Gasteiger partial charge in [0.1, 0.15) is 5.69 Å². The lowest BCUT2D eigenvalue weighted by Crippen LogP contribution is -2.45. The Morgan fingerprint density at radius 1 is 1.19 bits per heavy atom. The predicted octanol–water partition coefficient (Wildman–Crippen LogP) is 3.06. The molecule has 3 rings (SSSR count). The summed E-state index contributed by atoms with van der Waals surface area (Å²) < 4.78 is 4.87. The monoisotopic (exact) mass is 375 g/mol. The van der Waals surface area contributed by atoms with Crippen molar-refractivity contribution in [3.05, 3.63) is 22.5 Å². The van der Waals surface area contributed by atoms with E-state index in [2.05, 4.69) is 15.2 Å². The van der Waals surface area contributed by atoms with E-state index >= 15 is 0 Å². The van der Waals surface area contributed by atoms with E-state index in [1.807, 2.05) is 6.92 Å². The fraction of sp³-hybridized carbons (Fsp3) is 0.714. The zero-order chi connectivity index (χ0) is 19.4. The molecule has 1 aliphatic heterocycles. The van der Waals surface area contributed by atoms with Crippen molar-refractivity contribution in [2.24, 2.45) is 5.92 Å². The molecule has 0 aromatic carbocycles. The fourth-order valence-electron chi connectivity index (χ4n) is 4.60. The predicted molar refractivity (Wildman–Crippen MR) is 105 cm³/mol. The molecule has 0 bridgehead atoms. The summed E-state index contributed by atoms with van der Waals surface area (Å²) in [7, 11) is 1.37. The second kappa shape index (κ2) is 8.91. The van der Waals surface area contributed by atoms with Crippen molar-refractivity contribution >= 4 is 11.9 Å². The minimum Gasteiger partial charge on any atom is -0.465 e. The van der Waals surface area contributed by atoms with Crippen LogP contribution in [-0.2, 0) is 11.2 Å². The minimum atomic E-state index is -0.389. The fourth-order valence-corrected chi connectivity index (χ4v) is 4.60. The smallest absolute Gasteiger partial charge is 0.339 e. The summed E-state index contributed by atoms with van der Waals surface area (Å²) in [6.07, 6.45) is 8.17. The van der Waals surface area contributed by atoms with Crippen LogP contribution in [0.4, 0.5) is 0 Å². The molecule has 1 aromatic rings. The molecule has 1 aliphatic carbocycles. The van der Waals surface area contributed by atoms with Gasteiger partial charge in [0.2, 0.25) is 0 Å². The zero-order valence-electron chi connectivity index (χ0n) is 16.9. The van der Waals surface area contributed by atoms with Gasteiger partial charge in [-0.3, -0.25) is 4.79 Å². The third-order valence-corrected chi connectivity index (χ3v) is 6.21. The van der Waals surface area contributed by atoms with Crippen LogP contribution in [-0.4, -0.2) is 54.5 Å². The summed E-state index contributed by atoms with van der Waals surface area (Å²) in [5.74, 6) is 0.369. The second-order valence-electron chi connectivity index (χ2n) is 8.02. The molecule has 150 valence electrons. The topological polar surface area (TPSA) is 74.4 Å². The van der Waals surface area contributed by atoms with E-state index < -0.39 is 0 Å². The van der Waals surface area contributed by atoms with Gasteiger partial charge in [-0.05, 0) is 50.5 Å². The van der Waals surface area contributed by atoms with Crippen LogP contribution >= 0.6 is 0 Å². The molecule has 6 nitrogen and oxygen atoms in total. The number of ether oxygens (including phenoxy) is 1. The first-order valence-corrected chi connectivity index (χ1v) is 10.4. The Balaban J connectivity index is 1.56. The number of likely N-dealkylation sites (tertiary alicyclic amines) is 1. The lowest BCUT2D eigenvalue weighted by molar-refractivity contribution is 0.0599. The van der Waals surface area contributed by atoms with Gasteiger partial charge in [0.05, 0.1) is 12.7 Å². The molecule has 27 heavy (non-hydrogen) atoms. The van der Waals surface area contributed by atoms with Gasteiger partial charge in [0.15, 0.2) is 0 Å². The highest BCUT2D eigenvalue weighted by molar-refractivity contribution is 6.00. The van der Waals surface area contributed by atoms with E-state index in [9.17, 15) is 9.59 Å². The summed E-state index contributed by atoms with van der Waals surface area (Å²) >= 11 is 0. The molecule has 1 saturated heterocycles. The lowest BCUT2D eigenvalue weighted by atomic mass is 10.0. The number of carbonyl (C=O) groups is 2. The van der Waals surface area contributed by atoms with Gasteiger partial charge in [-0.15, -0.1) is 0 Å². The molecule has 2 fully saturated rings. The van der Waals surface area contributed by atoms with E-state index in [0.29, 0.717) is 23.2 Å². The molecule has 0 radical (unpaired) electrons. The van der Waals surface area contributed by atoms with Crippen molar-refractivity contribution in [1.82, 2.24) is 15.2 Å². The first-order valence-electron chi connectivity index (χ1n) is 10.4. The number of nitrogens with one attached hydrogen (secondary N) is 2. The van der Waals surface area contributed by atoms with Crippen molar-refractivity contribution in [1.29, 1.82) is 0 Å². The van der Waals surface area contributed by atoms with Gasteiger partial charge in [-0.25, -0.2) is 4.79 Å². The summed E-state index contributed by atoms with van der Waals surface area (Å²) in [6.45, 7) is 7.09. The van der Waals surface area contributed by atoms with E-state index in [1.165, 1.54) is 39.3 Å². The van der Waals surface area contributed by atoms with Crippen LogP contribution in [0.3, 0.4) is 0 Å². The molecular formula is C21H33N3O3. The number of aromatic amines is 1. The average Bonchev–Trinajstić information content (AvgIpc) is 3.30. The molecule has 0 unspecified atom stereocenters. The number of aromatic nitrogens is 1. The highest BCUT2D eigenvalue weighted by Gasteiger charge is 2.27. The lowest BCUT2D eigenvalue weighted by Gasteiger charge is -2.33. The van der Waals surface area contributed by atoms with Gasteiger partial charge in [0.25, 0.3) is 5.91 Å². The minimum absolute atomic E-state index is 0.119. The Labute approximate surface area is 162 Å². The van der Waals surface area contributed by atoms with Crippen LogP contribution in [0.25, 0.3) is 0 Å². The quantitative estimate of drug-likeness (QED) is 0.750. The number of aryl methyl sites for hydroxylation is 1. The van der Waals surface area contributed by atoms with Gasteiger partial charge in [-0.1, -0.05) is 19.8 Å². The maximum absolute atomic E-state index is 12.8. The number of H-pyrrole nitrogens is 1. The third kappa shape index (κ3) is 4.54. The second-order valence-corrected chi connectivity index (χ2v) is 8.02. The number of rotatable bonds is 6. The number of nitrogens with zero attached hydrogens (tertiary/aromatic N) is 1. The van der Waals surface area contributed by atoms with Crippen LogP contribution in [0, 0.1) is 12.8 Å². The van der Waals surface area contributed by atoms with E-state index in [0.717, 1.165) is 37.5 Å². The number of hydrogen-bond donors (Lipinski definition) is 2. The summed E-state index contributed by atoms with van der Waals surface area (Å²) in [4.78, 5) is 30.5. The number of esters is 1. The molecule has 1 saturated carbocycles. The molecule has 0 atom stereocenters. The first kappa shape index (κ1) is 19.9. The number of piperidine rings is 1. The van der Waals surface area contributed by atoms with Crippen molar-refractivity contribution in [3.8, 4) is 0 Å². The van der Waals surface area contributed by atoms with Crippen LogP contribution in [0.2, 0.25) is 0 Å². The first-order chi connectivity index (χ1) is 13.0. The Kier molecular flexibility index (Phi) is 6.58. The third-order valence-electron chi connectivity index (χ3n) is 6.21. The molecule has 2 heterocycles. The van der Waals surface area contributed by atoms with Crippen LogP contribution < -0.4 is 5.32 Å². The molecule has 2 N–H and O–H groups in total. The van der Waals surface area contributed by atoms with Crippen molar-refractivity contribution in [3.63, 3.8) is 0 Å². The normalized spacial score (nSPS) is 19.4. The number of hydrogen-bond acceptors (Lipinski definition) is 4. The van der Waals surface area contributed by atoms with Crippen LogP contribution in [0.5, 0.6) is 0 Å². The van der Waals surface area contributed by atoms with Gasteiger partial charge < -0.3 is 19.9 Å². The molecule has 1 amide bonds. The number of amides is 1. The summed E-state index contributed by atoms with van der Waals surface area (Å²) in [6, 6.07) is 0.201. The Morgan fingerprint density at radius 3 is 2.44 bits per heavy atom. The Morgan fingerprint density at radius 2 is 1.85 bits per heavy atom. The molecule has 1 aromatic heterocycles. The average molecular weight is 376 g/mol. The molecule has 0 spiro atoms. The molecule has 2 aliphatic rings. The standard InChI is InChI=1S/C21H33N3O3/c1-4-17-18(21(26)27-3)14(2)19(23-17)20(25)22-16-9-11-24(12-10-16)13-15-7-5-6-8-15/h15-16,23H,4-13H2,1-3H3,(H,22,25). The Hall–Kier alpha value is -1.82. The summed E-state index contributed by atoms with van der Waals surface area (Å²) in [5.41, 5.74) is 2.42. The SMILES string of the molecule is CCc1[nH]c(C(=O)NC2CCN(CC3CCCC3)CC2)c(C)c1C(=O)OC. The maximum Gasteiger partial charge on any atom is 0.339 e. The number of carbonyl (C=O) groups excluding carboxylic acids is 2. The highest BCUT2D eigenvalue weighted by Crippen LogP contribution is 2.26. The van der Waals surface area contributed by atoms with Gasteiger partial charge >= 0.3 is 5.97 Å². The van der Waals surface area contributed by atoms with E-state index in [1.54, 1.807) is 6.92 Å². The largest absolute Gasteiger partial charge is 0.465 e. The Bertz CT molecular complexity index is 668. The molecular weight excluding hydrogens is 342 g/mol. The molecule has 6 heteroatoms. The summed E-state index contributed by atoms with van der Waals surface area (Å²) in [5, 5.41) is 3.16. The van der Waals surface area contributed by atoms with Crippen molar-refractivity contribution in [2.75, 3.05) is 26.7 Å².